The van der Waals surface area contributed by atoms with Gasteiger partial charge in [-0.2, -0.15) is 5.10 Å². The van der Waals surface area contributed by atoms with Gasteiger partial charge in [0, 0.05) is 31.5 Å². The maximum atomic E-state index is 13.7. The average molecular weight is 346 g/mol. The van der Waals surface area contributed by atoms with Crippen LogP contribution in [-0.4, -0.2) is 33.3 Å². The fourth-order valence-corrected chi connectivity index (χ4v) is 2.71. The normalized spacial score (nSPS) is 13.0. The molecule has 2 heterocycles. The third kappa shape index (κ3) is 5.01. The van der Waals surface area contributed by atoms with E-state index in [1.54, 1.807) is 12.3 Å². The van der Waals surface area contributed by atoms with Gasteiger partial charge in [0.2, 0.25) is 0 Å². The molecule has 0 spiro atoms. The first-order valence-corrected chi connectivity index (χ1v) is 8.55. The number of nitrogens with one attached hydrogen (secondary N) is 2. The van der Waals surface area contributed by atoms with E-state index in [-0.39, 0.29) is 18.4 Å². The van der Waals surface area contributed by atoms with Crippen molar-refractivity contribution in [3.63, 3.8) is 0 Å². The first-order chi connectivity index (χ1) is 11.9. The van der Waals surface area contributed by atoms with Crippen molar-refractivity contribution in [2.45, 2.75) is 46.7 Å². The minimum absolute atomic E-state index is 0.160. The number of aromatic nitrogens is 3. The summed E-state index contributed by atoms with van der Waals surface area (Å²) in [4.78, 5) is 8.48. The zero-order chi connectivity index (χ0) is 18.4. The highest BCUT2D eigenvalue weighted by atomic mass is 19.1. The Morgan fingerprint density at radius 2 is 2.16 bits per heavy atom. The fourth-order valence-electron chi connectivity index (χ4n) is 2.71. The van der Waals surface area contributed by atoms with E-state index >= 15 is 0 Å². The third-order valence-electron chi connectivity index (χ3n) is 4.12. The standard InChI is InChI=1S/C18H27FN6/c1-6-20-18(22-11-17-16(19)8-7-9-21-17)23-12(2)10-15-13(3)24-25(5)14(15)4/h7-9,12H,6,10-11H2,1-5H3,(H2,20,22,23). The topological polar surface area (TPSA) is 67.1 Å². The van der Waals surface area contributed by atoms with Crippen LogP contribution in [0.4, 0.5) is 4.39 Å². The lowest BCUT2D eigenvalue weighted by Crippen LogP contribution is -2.43. The van der Waals surface area contributed by atoms with Crippen LogP contribution in [0.5, 0.6) is 0 Å². The molecule has 1 atom stereocenters. The lowest BCUT2D eigenvalue weighted by Gasteiger charge is -2.18. The Morgan fingerprint density at radius 3 is 2.76 bits per heavy atom. The number of halogens is 1. The van der Waals surface area contributed by atoms with Crippen LogP contribution in [0, 0.1) is 19.7 Å². The molecule has 0 amide bonds. The van der Waals surface area contributed by atoms with Crippen molar-refractivity contribution < 1.29 is 4.39 Å². The maximum absolute atomic E-state index is 13.7. The van der Waals surface area contributed by atoms with Gasteiger partial charge in [0.1, 0.15) is 5.82 Å². The second-order valence-corrected chi connectivity index (χ2v) is 6.15. The van der Waals surface area contributed by atoms with E-state index in [0.717, 1.165) is 18.7 Å². The molecule has 136 valence electrons. The number of hydrogen-bond acceptors (Lipinski definition) is 3. The lowest BCUT2D eigenvalue weighted by atomic mass is 10.1. The number of aliphatic imine (C=N–C) groups is 1. The molecular formula is C18H27FN6. The number of rotatable bonds is 6. The van der Waals surface area contributed by atoms with Crippen LogP contribution in [0.25, 0.3) is 0 Å². The Hall–Kier alpha value is -2.44. The van der Waals surface area contributed by atoms with Crippen molar-refractivity contribution in [3.8, 4) is 0 Å². The van der Waals surface area contributed by atoms with Gasteiger partial charge < -0.3 is 10.6 Å². The molecule has 2 rings (SSSR count). The lowest BCUT2D eigenvalue weighted by molar-refractivity contribution is 0.597. The van der Waals surface area contributed by atoms with Crippen LogP contribution in [0.15, 0.2) is 23.3 Å². The molecule has 0 aliphatic heterocycles. The van der Waals surface area contributed by atoms with Crippen LogP contribution in [0.3, 0.4) is 0 Å². The minimum Gasteiger partial charge on any atom is -0.357 e. The Kier molecular flexibility index (Phi) is 6.50. The average Bonchev–Trinajstić information content (AvgIpc) is 2.80. The molecule has 0 aliphatic rings. The molecule has 2 aromatic rings. The Morgan fingerprint density at radius 1 is 1.40 bits per heavy atom. The van der Waals surface area contributed by atoms with Gasteiger partial charge in [-0.15, -0.1) is 0 Å². The van der Waals surface area contributed by atoms with E-state index in [9.17, 15) is 4.39 Å². The summed E-state index contributed by atoms with van der Waals surface area (Å²) in [5.41, 5.74) is 3.80. The maximum Gasteiger partial charge on any atom is 0.191 e. The molecule has 0 saturated carbocycles. The first-order valence-electron chi connectivity index (χ1n) is 8.55. The number of aryl methyl sites for hydroxylation is 2. The summed E-state index contributed by atoms with van der Waals surface area (Å²) in [6, 6.07) is 3.13. The largest absolute Gasteiger partial charge is 0.357 e. The van der Waals surface area contributed by atoms with Crippen LogP contribution < -0.4 is 10.6 Å². The molecule has 0 fully saturated rings. The predicted molar refractivity (Wildman–Crippen MR) is 98.0 cm³/mol. The van der Waals surface area contributed by atoms with Gasteiger partial charge in [0.25, 0.3) is 0 Å². The molecule has 0 saturated heterocycles. The van der Waals surface area contributed by atoms with Gasteiger partial charge >= 0.3 is 0 Å². The van der Waals surface area contributed by atoms with E-state index in [1.165, 1.54) is 17.3 Å². The number of pyridine rings is 1. The zero-order valence-corrected chi connectivity index (χ0v) is 15.6. The number of hydrogen-bond donors (Lipinski definition) is 2. The van der Waals surface area contributed by atoms with Crippen molar-refractivity contribution >= 4 is 5.96 Å². The van der Waals surface area contributed by atoms with Gasteiger partial charge in [0.05, 0.1) is 17.9 Å². The Balaban J connectivity index is 2.05. The Labute approximate surface area is 148 Å². The molecule has 25 heavy (non-hydrogen) atoms. The smallest absolute Gasteiger partial charge is 0.191 e. The van der Waals surface area contributed by atoms with E-state index in [0.29, 0.717) is 11.7 Å². The minimum atomic E-state index is -0.336. The van der Waals surface area contributed by atoms with E-state index in [2.05, 4.69) is 39.6 Å². The van der Waals surface area contributed by atoms with Crippen molar-refractivity contribution in [3.05, 3.63) is 46.8 Å². The molecule has 7 heteroatoms. The summed E-state index contributed by atoms with van der Waals surface area (Å²) in [5, 5.41) is 11.0. The van der Waals surface area contributed by atoms with Crippen LogP contribution >= 0.6 is 0 Å². The molecule has 0 aliphatic carbocycles. The highest BCUT2D eigenvalue weighted by Gasteiger charge is 2.14. The number of nitrogens with zero attached hydrogens (tertiary/aromatic N) is 4. The van der Waals surface area contributed by atoms with Crippen molar-refractivity contribution in [1.82, 2.24) is 25.4 Å². The van der Waals surface area contributed by atoms with Crippen molar-refractivity contribution in [2.24, 2.45) is 12.0 Å². The van der Waals surface area contributed by atoms with E-state index in [4.69, 9.17) is 0 Å². The van der Waals surface area contributed by atoms with Crippen molar-refractivity contribution in [2.75, 3.05) is 6.54 Å². The van der Waals surface area contributed by atoms with Crippen LogP contribution in [0.2, 0.25) is 0 Å². The van der Waals surface area contributed by atoms with Gasteiger partial charge in [-0.05, 0) is 51.8 Å². The third-order valence-corrected chi connectivity index (χ3v) is 4.12. The molecular weight excluding hydrogens is 319 g/mol. The first kappa shape index (κ1) is 18.9. The van der Waals surface area contributed by atoms with Gasteiger partial charge in [-0.1, -0.05) is 0 Å². The molecule has 2 N–H and O–H groups in total. The highest BCUT2D eigenvalue weighted by molar-refractivity contribution is 5.80. The number of guanidine groups is 1. The monoisotopic (exact) mass is 346 g/mol. The highest BCUT2D eigenvalue weighted by Crippen LogP contribution is 2.14. The molecule has 6 nitrogen and oxygen atoms in total. The molecule has 0 radical (unpaired) electrons. The van der Waals surface area contributed by atoms with Crippen molar-refractivity contribution in [1.29, 1.82) is 0 Å². The second-order valence-electron chi connectivity index (χ2n) is 6.15. The van der Waals surface area contributed by atoms with Gasteiger partial charge in [-0.25, -0.2) is 9.38 Å². The summed E-state index contributed by atoms with van der Waals surface area (Å²) in [5.74, 6) is 0.316. The van der Waals surface area contributed by atoms with E-state index in [1.807, 2.05) is 25.6 Å². The van der Waals surface area contributed by atoms with Gasteiger partial charge in [-0.3, -0.25) is 9.67 Å². The molecule has 0 bridgehead atoms. The Bertz CT molecular complexity index is 737. The molecule has 2 aromatic heterocycles. The molecule has 1 unspecified atom stereocenters. The molecule has 0 aromatic carbocycles. The van der Waals surface area contributed by atoms with Crippen LogP contribution in [-0.2, 0) is 20.0 Å². The predicted octanol–water partition coefficient (Wildman–Crippen LogP) is 2.26. The van der Waals surface area contributed by atoms with Crippen LogP contribution in [0.1, 0.15) is 36.5 Å². The summed E-state index contributed by atoms with van der Waals surface area (Å²) in [6.07, 6.45) is 2.42. The summed E-state index contributed by atoms with van der Waals surface area (Å²) in [6.45, 7) is 9.12. The zero-order valence-electron chi connectivity index (χ0n) is 15.6. The SMILES string of the molecule is CCNC(=NCc1ncccc1F)NC(C)Cc1c(C)nn(C)c1C. The fraction of sp³-hybridized carbons (Fsp3) is 0.500. The summed E-state index contributed by atoms with van der Waals surface area (Å²) in [7, 11) is 1.96. The van der Waals surface area contributed by atoms with Gasteiger partial charge in [0.15, 0.2) is 5.96 Å². The summed E-state index contributed by atoms with van der Waals surface area (Å²) < 4.78 is 15.6. The summed E-state index contributed by atoms with van der Waals surface area (Å²) >= 11 is 0. The quantitative estimate of drug-likeness (QED) is 0.622. The van der Waals surface area contributed by atoms with E-state index < -0.39 is 0 Å². The second kappa shape index (κ2) is 8.60.